The van der Waals surface area contributed by atoms with E-state index in [0.717, 1.165) is 255 Å². The highest BCUT2D eigenvalue weighted by molar-refractivity contribution is 5.87. The highest BCUT2D eigenvalue weighted by Gasteiger charge is 2.70. The topological polar surface area (TPSA) is 168 Å². The van der Waals surface area contributed by atoms with Crippen molar-refractivity contribution in [2.75, 3.05) is 13.2 Å². The van der Waals surface area contributed by atoms with Gasteiger partial charge in [0.25, 0.3) is 0 Å². The van der Waals surface area contributed by atoms with Crippen molar-refractivity contribution in [2.24, 2.45) is 239 Å². The lowest BCUT2D eigenvalue weighted by Gasteiger charge is -2.60. The van der Waals surface area contributed by atoms with Crippen LogP contribution in [-0.2, 0) is 19.1 Å². The van der Waals surface area contributed by atoms with Crippen molar-refractivity contribution in [1.29, 1.82) is 5.26 Å². The first-order valence-electron chi connectivity index (χ1n) is 56.3. The summed E-state index contributed by atoms with van der Waals surface area (Å²) in [4.78, 5) is 36.7. The first-order valence-corrected chi connectivity index (χ1v) is 56.3. The van der Waals surface area contributed by atoms with Crippen LogP contribution in [0.3, 0.4) is 0 Å². The number of rotatable bonds is 2. The standard InChI is InChI=1S/C20H31NO.2C20H32O2.C20H32.C19H30O.C18H28O2/c1-20-10-15-4-3-14-8-13(12-22)2-7-18(14)19(15)9-16(20)5-6-17(20)11-21;1-18-7-6-16(21)9-14(18)4-3-13-11-19(2)15(10-17(13)18)5-8-20(19)12-22-20;1-12(21)19-8-5-15-10-18-14(11-20(15,19)2)4-3-13-9-16(22)6-7-17(13)18;1-13-4-9-18-15(10-13)6-7-16-12-20(3)14(2)5-8-17(20)11-19(16)18;1-12-3-7-16-13(9-12)4-5-14-11-19(2)15(10-17(14)16)6-8-18(19)20;1-18-10-12-3-2-11-8-14(19)5-6-15(11)16(12)9-13(18)4-7-17(18)20/h13-19,22H,2-10,12H2,1H3;13-17,21H,3-12H2,1-2H3;13-19,22H,3-11H2,1-2H3;5,13,15-19H,4,6-12H2,1-3H3;12-17H,3-11H2,1-2H3;11-16,19H,2-10H2,1H3/t13-,14+,15+,16-,17+,18+,19+,20-;13-,14-,15+,16+,17-,18+,19+,20-;13-,14-,15+,16+,17-,18-,19-,20+;13-,15+,16+,17-,18+,19+,20+;12-,13+,14+,15-,16+,17+,19-;11-,12-,13+,14+,15-,16-,18+/m100110/s1. The van der Waals surface area contributed by atoms with Crippen LogP contribution < -0.4 is 0 Å². The Morgan fingerprint density at radius 1 is 0.389 bits per heavy atom. The Balaban J connectivity index is 0.0000000954. The zero-order valence-corrected chi connectivity index (χ0v) is 82.2. The molecule has 1 saturated heterocycles. The average molecular weight is 1730 g/mol. The van der Waals surface area contributed by atoms with Crippen LogP contribution in [0.1, 0.15) is 416 Å². The van der Waals surface area contributed by atoms with Crippen molar-refractivity contribution in [3.63, 3.8) is 0 Å². The van der Waals surface area contributed by atoms with Gasteiger partial charge in [0.2, 0.25) is 0 Å². The predicted molar refractivity (Wildman–Crippen MR) is 505 cm³/mol. The third-order valence-corrected chi connectivity index (χ3v) is 49.7. The summed E-state index contributed by atoms with van der Waals surface area (Å²) in [5.41, 5.74) is 4.33. The van der Waals surface area contributed by atoms with Crippen LogP contribution in [0.15, 0.2) is 11.6 Å². The number of hydrogen-bond donors (Lipinski definition) is 4. The molecule has 1 aliphatic heterocycles. The zero-order valence-electron chi connectivity index (χ0n) is 82.2. The van der Waals surface area contributed by atoms with Crippen LogP contribution >= 0.6 is 0 Å². The van der Waals surface area contributed by atoms with Crippen LogP contribution in [0.2, 0.25) is 0 Å². The predicted octanol–water partition coefficient (Wildman–Crippen LogP) is 27.0. The maximum absolute atomic E-state index is 12.3. The van der Waals surface area contributed by atoms with Crippen LogP contribution in [0.4, 0.5) is 0 Å². The summed E-state index contributed by atoms with van der Waals surface area (Å²) in [6, 6.07) is 2.64. The number of carbonyl (C=O) groups excluding carboxylic acids is 3. The fourth-order valence-corrected chi connectivity index (χ4v) is 42.1. The first kappa shape index (κ1) is 91.8. The second-order valence-corrected chi connectivity index (χ2v) is 54.7. The zero-order chi connectivity index (χ0) is 87.7. The Kier molecular flexibility index (Phi) is 25.9. The molecule has 4 N–H and O–H groups in total. The summed E-state index contributed by atoms with van der Waals surface area (Å²) in [7, 11) is 0. The van der Waals surface area contributed by atoms with E-state index < -0.39 is 0 Å². The molecule has 1 heterocycles. The Morgan fingerprint density at radius 2 is 0.810 bits per heavy atom. The number of aliphatic hydroxyl groups is 4. The molecule has 0 unspecified atom stereocenters. The minimum atomic E-state index is -0.0327. The fourth-order valence-electron chi connectivity index (χ4n) is 42.1. The third kappa shape index (κ3) is 16.2. The number of hydrogen-bond acceptors (Lipinski definition) is 9. The normalized spacial score (nSPS) is 56.0. The molecule has 45 atom stereocenters. The van der Waals surface area contributed by atoms with E-state index in [1.807, 2.05) is 6.92 Å². The van der Waals surface area contributed by atoms with Gasteiger partial charge in [0, 0.05) is 41.6 Å². The molecule has 9 heteroatoms. The lowest BCUT2D eigenvalue weighted by atomic mass is 9.45. The summed E-state index contributed by atoms with van der Waals surface area (Å²) in [5.74, 6) is 31.0. The van der Waals surface area contributed by atoms with Gasteiger partial charge in [0.1, 0.15) is 17.3 Å². The molecule has 0 aromatic carbocycles. The Bertz CT molecular complexity index is 3860. The van der Waals surface area contributed by atoms with Gasteiger partial charge in [0.05, 0.1) is 42.5 Å². The summed E-state index contributed by atoms with van der Waals surface area (Å²) in [5, 5.41) is 49.1. The van der Waals surface area contributed by atoms with Gasteiger partial charge in [-0.3, -0.25) is 14.4 Å². The molecule has 706 valence electrons. The Morgan fingerprint density at radius 3 is 1.33 bits per heavy atom. The molecule has 24 fully saturated rings. The molecule has 25 rings (SSSR count). The SMILES string of the molecule is CC(=O)[C@@H]1CC[C@@H]2C[C@H]3[C@@H](CC[C@H]4C[C@H](O)CC[C@@H]43)C[C@]21C.CC1=CC[C@@H]2C[C@H]3[C@@H](CC[C@H]4C[C@H](C)CC[C@@H]43)C[C@@]12C.C[C@@H]1CC[C@H]2[C@@H](CC[C@H]3C[C@@]4(C)C(=O)CC[C@@H]4C[C@@H]32)C1.C[C@@]12CC[C@@H](O)C[C@@H]1CC[C@H]1C[C@]3(C)[C@H](CC[C@]34CO4)C[C@@H]12.C[C@@]12C[C@@H]3CC[C@H]4C[C@H](CO)CC[C@@H]4[C@H]3C[C@H]1CC[C@H]2C#N.C[C@@]12C[C@@H]3CC[C@H]4C[C@H](O)CC[C@@H]4[C@H]3C[C@H]1CCC2=O. The highest BCUT2D eigenvalue weighted by Crippen LogP contribution is 2.73. The monoisotopic (exact) mass is 1730 g/mol. The maximum Gasteiger partial charge on any atom is 0.139 e. The molecule has 23 saturated carbocycles. The molecule has 0 amide bonds. The van der Waals surface area contributed by atoms with Gasteiger partial charge in [0.15, 0.2) is 0 Å². The smallest absolute Gasteiger partial charge is 0.139 e. The van der Waals surface area contributed by atoms with Crippen molar-refractivity contribution in [3.05, 3.63) is 11.6 Å². The largest absolute Gasteiger partial charge is 0.396 e. The van der Waals surface area contributed by atoms with E-state index in [2.05, 4.69) is 81.4 Å². The van der Waals surface area contributed by atoms with Crippen LogP contribution in [0.5, 0.6) is 0 Å². The van der Waals surface area contributed by atoms with E-state index in [4.69, 9.17) is 4.74 Å². The van der Waals surface area contributed by atoms with Crippen molar-refractivity contribution in [3.8, 4) is 6.07 Å². The van der Waals surface area contributed by atoms with Gasteiger partial charge in [-0.2, -0.15) is 5.26 Å². The van der Waals surface area contributed by atoms with Crippen LogP contribution in [0.25, 0.3) is 0 Å². The summed E-state index contributed by atoms with van der Waals surface area (Å²) >= 11 is 0. The number of carbonyl (C=O) groups is 3. The van der Waals surface area contributed by atoms with Crippen molar-refractivity contribution >= 4 is 17.3 Å². The number of nitriles is 1. The van der Waals surface area contributed by atoms with Gasteiger partial charge >= 0.3 is 0 Å². The summed E-state index contributed by atoms with van der Waals surface area (Å²) in [6.45, 7) is 27.8. The minimum absolute atomic E-state index is 0.0157. The lowest BCUT2D eigenvalue weighted by Crippen LogP contribution is -2.54. The second-order valence-electron chi connectivity index (χ2n) is 54.7. The number of ether oxygens (including phenoxy) is 1. The molecule has 25 aliphatic rings. The third-order valence-electron chi connectivity index (χ3n) is 49.7. The van der Waals surface area contributed by atoms with Crippen LogP contribution in [0, 0.1) is 250 Å². The van der Waals surface area contributed by atoms with Crippen LogP contribution in [-0.4, -0.2) is 74.9 Å². The molecule has 24 aliphatic carbocycles. The number of ketones is 3. The average Bonchev–Trinajstić information content (AvgIpc) is 1.52. The van der Waals surface area contributed by atoms with E-state index in [1.54, 1.807) is 37.7 Å². The fraction of sp³-hybridized carbons (Fsp3) is 0.949. The quantitative estimate of drug-likeness (QED) is 0.155. The summed E-state index contributed by atoms with van der Waals surface area (Å²) in [6.07, 6.45) is 71.9. The highest BCUT2D eigenvalue weighted by atomic mass is 16.6. The molecular weight excluding hydrogens is 1550 g/mol. The molecule has 0 radical (unpaired) electrons. The van der Waals surface area contributed by atoms with Crippen molar-refractivity contribution in [2.45, 2.75) is 440 Å². The van der Waals surface area contributed by atoms with Gasteiger partial charge in [-0.25, -0.2) is 0 Å². The number of nitrogens with zero attached hydrogens (tertiary/aromatic N) is 1. The van der Waals surface area contributed by atoms with E-state index in [1.165, 1.54) is 238 Å². The van der Waals surface area contributed by atoms with Crippen molar-refractivity contribution in [1.82, 2.24) is 0 Å². The van der Waals surface area contributed by atoms with Gasteiger partial charge in [-0.05, 0) is 540 Å². The Hall–Kier alpha value is -1.96. The summed E-state index contributed by atoms with van der Waals surface area (Å²) < 4.78 is 6.02. The molecule has 0 aromatic rings. The lowest BCUT2D eigenvalue weighted by molar-refractivity contribution is -0.133. The number of Topliss-reactive ketones (excluding diaryl/α,β-unsaturated/α-hetero) is 3. The molecule has 0 bridgehead atoms. The molecule has 1 spiro atoms. The van der Waals surface area contributed by atoms with E-state index >= 15 is 0 Å². The number of allylic oxidation sites excluding steroid dienone is 2. The van der Waals surface area contributed by atoms with E-state index in [0.29, 0.717) is 80.3 Å². The first-order chi connectivity index (χ1) is 60.3. The van der Waals surface area contributed by atoms with Gasteiger partial charge in [-0.15, -0.1) is 0 Å². The Labute approximate surface area is 767 Å². The second kappa shape index (κ2) is 35.6. The molecule has 9 nitrogen and oxygen atoms in total. The van der Waals surface area contributed by atoms with Crippen molar-refractivity contribution < 1.29 is 39.5 Å². The molecular formula is C117H185NO8. The number of epoxide rings is 1. The van der Waals surface area contributed by atoms with Gasteiger partial charge < -0.3 is 25.2 Å². The van der Waals surface area contributed by atoms with E-state index in [-0.39, 0.29) is 29.1 Å². The number of fused-ring (bicyclic) bond motifs is 25. The van der Waals surface area contributed by atoms with Gasteiger partial charge in [-0.1, -0.05) is 86.8 Å². The molecule has 0 aromatic heterocycles. The maximum atomic E-state index is 12.3. The minimum Gasteiger partial charge on any atom is -0.396 e. The van der Waals surface area contributed by atoms with E-state index in [9.17, 15) is 40.1 Å². The number of aliphatic hydroxyl groups excluding tert-OH is 4. The molecule has 126 heavy (non-hydrogen) atoms.